The molecule has 0 aliphatic carbocycles. The Labute approximate surface area is 419 Å². The fraction of sp³-hybridized carbons (Fsp3) is 0.677. The molecule has 3 N–H and O–H groups in total. The average Bonchev–Trinajstić information content (AvgIpc) is 3.33. The molecular formula is C62H105NO5. The van der Waals surface area contributed by atoms with Crippen molar-refractivity contribution in [1.29, 1.82) is 0 Å². The molecule has 0 saturated carbocycles. The monoisotopic (exact) mass is 944 g/mol. The van der Waals surface area contributed by atoms with Gasteiger partial charge in [0.05, 0.1) is 25.2 Å². The molecule has 68 heavy (non-hydrogen) atoms. The Kier molecular flexibility index (Phi) is 51.7. The second-order valence-corrected chi connectivity index (χ2v) is 18.7. The summed E-state index contributed by atoms with van der Waals surface area (Å²) in [6, 6.07) is -0.733. The molecule has 0 radical (unpaired) electrons. The van der Waals surface area contributed by atoms with Gasteiger partial charge in [0.25, 0.3) is 0 Å². The van der Waals surface area contributed by atoms with Crippen molar-refractivity contribution >= 4 is 11.9 Å². The number of allylic oxidation sites excluding steroid dienone is 18. The maximum Gasteiger partial charge on any atom is 0.306 e. The standard InChI is InChI=1S/C62H105NO5/c1-4-7-10-13-16-19-22-25-28-30-33-35-38-41-44-47-50-53-58(68-62(67)55-52-49-46-43-40-37-32-27-24-21-18-15-12-9-6-3)56-61(66)63-59(57-64)60(65)54-51-48-45-42-39-36-34-31-29-26-23-20-17-14-11-8-5-2/h7,9-10,12,15-16,18-19,21,24-25,27-28,32-33,35,41,44,58-60,64-65H,4-6,8,11,13-14,17,20,22-23,26,29-31,34,36-40,42-43,45-57H2,1-3H3,(H,63,66)/b10-7-,12-9+,18-15+,19-16-,24-21+,28-25-,32-27-,35-33-,44-41-. The number of hydrogen-bond donors (Lipinski definition) is 3. The number of amides is 1. The molecule has 0 rings (SSSR count). The Hall–Kier alpha value is -3.48. The van der Waals surface area contributed by atoms with Gasteiger partial charge in [-0.25, -0.2) is 0 Å². The Morgan fingerprint density at radius 2 is 0.882 bits per heavy atom. The Balaban J connectivity index is 4.70. The van der Waals surface area contributed by atoms with Crippen LogP contribution in [-0.4, -0.2) is 46.9 Å². The zero-order valence-electron chi connectivity index (χ0n) is 44.2. The summed E-state index contributed by atoms with van der Waals surface area (Å²) in [5.74, 6) is -0.562. The fourth-order valence-corrected chi connectivity index (χ4v) is 8.00. The van der Waals surface area contributed by atoms with Crippen LogP contribution in [0.3, 0.4) is 0 Å². The van der Waals surface area contributed by atoms with E-state index in [9.17, 15) is 19.8 Å². The molecule has 0 aromatic carbocycles. The van der Waals surface area contributed by atoms with Gasteiger partial charge >= 0.3 is 5.97 Å². The number of ether oxygens (including phenoxy) is 1. The van der Waals surface area contributed by atoms with Gasteiger partial charge in [0.2, 0.25) is 5.91 Å². The Morgan fingerprint density at radius 1 is 0.456 bits per heavy atom. The Morgan fingerprint density at radius 3 is 1.40 bits per heavy atom. The van der Waals surface area contributed by atoms with Crippen LogP contribution in [0.2, 0.25) is 0 Å². The van der Waals surface area contributed by atoms with Crippen LogP contribution < -0.4 is 5.32 Å². The lowest BCUT2D eigenvalue weighted by atomic mass is 10.0. The fourth-order valence-electron chi connectivity index (χ4n) is 8.00. The molecule has 0 aromatic rings. The summed E-state index contributed by atoms with van der Waals surface area (Å²) in [6.07, 6.45) is 74.4. The van der Waals surface area contributed by atoms with E-state index in [-0.39, 0.29) is 24.9 Å². The number of aliphatic hydroxyl groups excluding tert-OH is 2. The van der Waals surface area contributed by atoms with Crippen LogP contribution in [0, 0.1) is 0 Å². The van der Waals surface area contributed by atoms with Crippen LogP contribution in [0.15, 0.2) is 109 Å². The first-order valence-electron chi connectivity index (χ1n) is 28.2. The summed E-state index contributed by atoms with van der Waals surface area (Å²) in [5.41, 5.74) is 0. The minimum absolute atomic E-state index is 0.0225. The molecule has 0 heterocycles. The van der Waals surface area contributed by atoms with E-state index >= 15 is 0 Å². The number of carbonyl (C=O) groups is 2. The highest BCUT2D eigenvalue weighted by molar-refractivity contribution is 5.77. The van der Waals surface area contributed by atoms with E-state index in [1.165, 1.54) is 89.9 Å². The van der Waals surface area contributed by atoms with E-state index in [0.29, 0.717) is 19.3 Å². The van der Waals surface area contributed by atoms with Crippen LogP contribution in [0.5, 0.6) is 0 Å². The third-order valence-corrected chi connectivity index (χ3v) is 12.2. The first-order valence-corrected chi connectivity index (χ1v) is 28.2. The van der Waals surface area contributed by atoms with E-state index in [0.717, 1.165) is 109 Å². The smallest absolute Gasteiger partial charge is 0.306 e. The number of aliphatic hydroxyl groups is 2. The zero-order chi connectivity index (χ0) is 49.5. The third-order valence-electron chi connectivity index (χ3n) is 12.2. The van der Waals surface area contributed by atoms with Gasteiger partial charge in [0, 0.05) is 6.42 Å². The lowest BCUT2D eigenvalue weighted by molar-refractivity contribution is -0.151. The normalized spacial score (nSPS) is 14.0. The number of nitrogens with one attached hydrogen (secondary N) is 1. The minimum Gasteiger partial charge on any atom is -0.462 e. The van der Waals surface area contributed by atoms with Crippen molar-refractivity contribution in [2.24, 2.45) is 0 Å². The van der Waals surface area contributed by atoms with Gasteiger partial charge in [0.15, 0.2) is 0 Å². The lowest BCUT2D eigenvalue weighted by Crippen LogP contribution is -2.46. The van der Waals surface area contributed by atoms with Crippen molar-refractivity contribution < 1.29 is 24.5 Å². The highest BCUT2D eigenvalue weighted by atomic mass is 16.5. The summed E-state index contributed by atoms with van der Waals surface area (Å²) >= 11 is 0. The average molecular weight is 945 g/mol. The predicted octanol–water partition coefficient (Wildman–Crippen LogP) is 17.5. The van der Waals surface area contributed by atoms with Crippen LogP contribution in [-0.2, 0) is 14.3 Å². The third kappa shape index (κ3) is 49.0. The quantitative estimate of drug-likeness (QED) is 0.0244. The van der Waals surface area contributed by atoms with E-state index in [1.54, 1.807) is 0 Å². The van der Waals surface area contributed by atoms with Crippen LogP contribution in [0.25, 0.3) is 0 Å². The number of unbranched alkanes of at least 4 members (excludes halogenated alkanes) is 22. The van der Waals surface area contributed by atoms with Gasteiger partial charge in [-0.15, -0.1) is 0 Å². The molecule has 3 unspecified atom stereocenters. The van der Waals surface area contributed by atoms with Crippen LogP contribution in [0.1, 0.15) is 245 Å². The van der Waals surface area contributed by atoms with Gasteiger partial charge in [-0.05, 0) is 83.5 Å². The van der Waals surface area contributed by atoms with Crippen molar-refractivity contribution in [3.63, 3.8) is 0 Å². The summed E-state index contributed by atoms with van der Waals surface area (Å²) < 4.78 is 5.91. The first kappa shape index (κ1) is 64.5. The maximum atomic E-state index is 13.3. The largest absolute Gasteiger partial charge is 0.462 e. The van der Waals surface area contributed by atoms with E-state index < -0.39 is 18.2 Å². The molecule has 0 saturated heterocycles. The molecule has 6 nitrogen and oxygen atoms in total. The molecule has 6 heteroatoms. The summed E-state index contributed by atoms with van der Waals surface area (Å²) in [4.78, 5) is 26.2. The van der Waals surface area contributed by atoms with Crippen molar-refractivity contribution in [3.05, 3.63) is 109 Å². The summed E-state index contributed by atoms with van der Waals surface area (Å²) in [7, 11) is 0. The molecule has 0 bridgehead atoms. The van der Waals surface area contributed by atoms with Crippen molar-refractivity contribution in [2.45, 2.75) is 264 Å². The number of rotatable bonds is 49. The topological polar surface area (TPSA) is 95.9 Å². The second kappa shape index (κ2) is 54.5. The summed E-state index contributed by atoms with van der Waals surface area (Å²) in [5, 5.41) is 23.9. The molecule has 0 spiro atoms. The van der Waals surface area contributed by atoms with E-state index in [4.69, 9.17) is 4.74 Å². The highest BCUT2D eigenvalue weighted by Crippen LogP contribution is 2.17. The van der Waals surface area contributed by atoms with E-state index in [1.807, 2.05) is 18.2 Å². The molecule has 1 amide bonds. The highest BCUT2D eigenvalue weighted by Gasteiger charge is 2.24. The zero-order valence-corrected chi connectivity index (χ0v) is 44.2. The minimum atomic E-state index is -0.815. The SMILES string of the molecule is CC/C=C\C/C=C\C/C=C\C/C=C\C/C=C\CCCC(CC(=O)NC(CO)C(O)CCCCCCCCCCCCCCCCCCC)OC(=O)CCCCCCC\C=C/C=C/C=C/C=C/CC. The van der Waals surface area contributed by atoms with Gasteiger partial charge in [-0.3, -0.25) is 9.59 Å². The van der Waals surface area contributed by atoms with Crippen LogP contribution >= 0.6 is 0 Å². The van der Waals surface area contributed by atoms with Gasteiger partial charge < -0.3 is 20.3 Å². The summed E-state index contributed by atoms with van der Waals surface area (Å²) in [6.45, 7) is 6.22. The molecular weight excluding hydrogens is 839 g/mol. The number of carbonyl (C=O) groups excluding carboxylic acids is 2. The van der Waals surface area contributed by atoms with Gasteiger partial charge in [-0.2, -0.15) is 0 Å². The molecule has 0 aliphatic heterocycles. The number of esters is 1. The van der Waals surface area contributed by atoms with Crippen molar-refractivity contribution in [3.8, 4) is 0 Å². The first-order chi connectivity index (χ1) is 33.5. The lowest BCUT2D eigenvalue weighted by Gasteiger charge is -2.24. The van der Waals surface area contributed by atoms with Gasteiger partial charge in [0.1, 0.15) is 6.10 Å². The molecule has 0 fully saturated rings. The Bertz CT molecular complexity index is 1380. The van der Waals surface area contributed by atoms with E-state index in [2.05, 4.69) is 117 Å². The second-order valence-electron chi connectivity index (χ2n) is 18.7. The van der Waals surface area contributed by atoms with Crippen molar-refractivity contribution in [1.82, 2.24) is 5.32 Å². The molecule has 3 atom stereocenters. The van der Waals surface area contributed by atoms with Gasteiger partial charge in [-0.1, -0.05) is 259 Å². The molecule has 388 valence electrons. The van der Waals surface area contributed by atoms with Crippen LogP contribution in [0.4, 0.5) is 0 Å². The molecule has 0 aliphatic rings. The molecule has 0 aromatic heterocycles. The predicted molar refractivity (Wildman–Crippen MR) is 296 cm³/mol. The maximum absolute atomic E-state index is 13.3. The number of hydrogen-bond acceptors (Lipinski definition) is 5. The van der Waals surface area contributed by atoms with Crippen molar-refractivity contribution in [2.75, 3.05) is 6.61 Å².